The Kier molecular flexibility index (Phi) is 2.71. The highest BCUT2D eigenvalue weighted by Crippen LogP contribution is 2.18. The number of aromatic nitrogens is 2. The first-order valence-electron chi connectivity index (χ1n) is 5.46. The van der Waals surface area contributed by atoms with Gasteiger partial charge in [-0.25, -0.2) is 0 Å². The number of fused-ring (bicyclic) bond motifs is 1. The summed E-state index contributed by atoms with van der Waals surface area (Å²) in [6.45, 7) is 0. The van der Waals surface area contributed by atoms with Crippen molar-refractivity contribution in [3.63, 3.8) is 0 Å². The molecule has 18 heavy (non-hydrogen) atoms. The first kappa shape index (κ1) is 10.5. The van der Waals surface area contributed by atoms with E-state index in [2.05, 4.69) is 20.7 Å². The van der Waals surface area contributed by atoms with Crippen molar-refractivity contribution in [2.45, 2.75) is 0 Å². The smallest absolute Gasteiger partial charge is 0.176 e. The van der Waals surface area contributed by atoms with E-state index in [1.807, 2.05) is 30.3 Å². The predicted molar refractivity (Wildman–Crippen MR) is 69.5 cm³/mol. The van der Waals surface area contributed by atoms with E-state index in [1.165, 1.54) is 0 Å². The second-order valence-electron chi connectivity index (χ2n) is 3.67. The number of rotatable bonds is 3. The lowest BCUT2D eigenvalue weighted by Gasteiger charge is -2.02. The molecule has 0 unspecified atom stereocenters. The van der Waals surface area contributed by atoms with Gasteiger partial charge in [0.1, 0.15) is 5.76 Å². The fourth-order valence-corrected chi connectivity index (χ4v) is 1.63. The zero-order chi connectivity index (χ0) is 12.2. The Bertz CT molecular complexity index is 671. The summed E-state index contributed by atoms with van der Waals surface area (Å²) in [4.78, 5) is 0. The Morgan fingerprint density at radius 3 is 3.00 bits per heavy atom. The molecule has 0 saturated heterocycles. The summed E-state index contributed by atoms with van der Waals surface area (Å²) in [6, 6.07) is 11.5. The topological polar surface area (TPSA) is 63.3 Å². The van der Waals surface area contributed by atoms with Gasteiger partial charge in [0.05, 0.1) is 18.7 Å². The summed E-state index contributed by atoms with van der Waals surface area (Å²) in [5.74, 6) is 1.30. The molecule has 2 aromatic heterocycles. The summed E-state index contributed by atoms with van der Waals surface area (Å²) >= 11 is 0. The summed E-state index contributed by atoms with van der Waals surface area (Å²) in [5, 5.41) is 14.0. The number of benzene rings is 1. The van der Waals surface area contributed by atoms with Crippen LogP contribution < -0.4 is 5.43 Å². The zero-order valence-electron chi connectivity index (χ0n) is 9.45. The Morgan fingerprint density at radius 2 is 2.11 bits per heavy atom. The van der Waals surface area contributed by atoms with Crippen molar-refractivity contribution in [1.82, 2.24) is 10.2 Å². The van der Waals surface area contributed by atoms with Crippen LogP contribution in [-0.2, 0) is 0 Å². The Hall–Kier alpha value is -2.69. The molecule has 5 nitrogen and oxygen atoms in total. The third kappa shape index (κ3) is 2.06. The van der Waals surface area contributed by atoms with Crippen molar-refractivity contribution >= 4 is 22.8 Å². The fourth-order valence-electron chi connectivity index (χ4n) is 1.63. The van der Waals surface area contributed by atoms with E-state index in [0.717, 1.165) is 10.8 Å². The molecule has 3 aromatic rings. The minimum atomic E-state index is 0.621. The molecule has 1 N–H and O–H groups in total. The van der Waals surface area contributed by atoms with Crippen LogP contribution in [0.3, 0.4) is 0 Å². The van der Waals surface area contributed by atoms with E-state index in [0.29, 0.717) is 11.6 Å². The summed E-state index contributed by atoms with van der Waals surface area (Å²) < 4.78 is 5.13. The van der Waals surface area contributed by atoms with Crippen molar-refractivity contribution in [3.8, 4) is 0 Å². The normalized spacial score (nSPS) is 11.1. The van der Waals surface area contributed by atoms with E-state index >= 15 is 0 Å². The molecule has 0 amide bonds. The number of hydrazone groups is 1. The lowest BCUT2D eigenvalue weighted by Crippen LogP contribution is -1.96. The molecule has 0 atom stereocenters. The van der Waals surface area contributed by atoms with Crippen LogP contribution in [0.5, 0.6) is 0 Å². The molecule has 0 spiro atoms. The van der Waals surface area contributed by atoms with Gasteiger partial charge >= 0.3 is 0 Å². The summed E-state index contributed by atoms with van der Waals surface area (Å²) in [6.07, 6.45) is 4.90. The second-order valence-corrected chi connectivity index (χ2v) is 3.67. The Balaban J connectivity index is 1.87. The average molecular weight is 238 g/mol. The van der Waals surface area contributed by atoms with Crippen LogP contribution in [0.4, 0.5) is 5.82 Å². The first-order valence-corrected chi connectivity index (χ1v) is 5.46. The number of hydrogen-bond donors (Lipinski definition) is 1. The number of furan rings is 1. The molecule has 0 aliphatic heterocycles. The molecule has 0 bridgehead atoms. The molecule has 2 heterocycles. The van der Waals surface area contributed by atoms with E-state index < -0.39 is 0 Å². The molecule has 5 heteroatoms. The molecular formula is C13H10N4O. The van der Waals surface area contributed by atoms with E-state index in [4.69, 9.17) is 4.42 Å². The molecule has 0 saturated carbocycles. The monoisotopic (exact) mass is 238 g/mol. The Morgan fingerprint density at radius 1 is 1.17 bits per heavy atom. The molecule has 1 aromatic carbocycles. The minimum absolute atomic E-state index is 0.621. The SMILES string of the molecule is C(=N/Nc1nncc2ccccc12)/c1ccco1. The van der Waals surface area contributed by atoms with Crippen molar-refractivity contribution in [2.24, 2.45) is 5.10 Å². The largest absolute Gasteiger partial charge is 0.463 e. The maximum Gasteiger partial charge on any atom is 0.176 e. The zero-order valence-corrected chi connectivity index (χ0v) is 9.45. The van der Waals surface area contributed by atoms with Gasteiger partial charge in [0.2, 0.25) is 0 Å². The highest BCUT2D eigenvalue weighted by Gasteiger charge is 2.00. The predicted octanol–water partition coefficient (Wildman–Crippen LogP) is 2.67. The van der Waals surface area contributed by atoms with Crippen LogP contribution in [-0.4, -0.2) is 16.4 Å². The molecular weight excluding hydrogens is 228 g/mol. The maximum atomic E-state index is 5.13. The van der Waals surface area contributed by atoms with E-state index in [9.17, 15) is 0 Å². The van der Waals surface area contributed by atoms with Gasteiger partial charge in [-0.15, -0.1) is 5.10 Å². The minimum Gasteiger partial charge on any atom is -0.463 e. The lowest BCUT2D eigenvalue weighted by atomic mass is 10.2. The van der Waals surface area contributed by atoms with Crippen LogP contribution in [0.1, 0.15) is 5.76 Å². The number of nitrogens with zero attached hydrogens (tertiary/aromatic N) is 3. The van der Waals surface area contributed by atoms with Gasteiger partial charge in [-0.05, 0) is 12.1 Å². The van der Waals surface area contributed by atoms with Crippen LogP contribution in [0, 0.1) is 0 Å². The standard InChI is InChI=1S/C13H10N4O/c1-2-6-12-10(4-1)8-14-16-13(12)17-15-9-11-5-3-7-18-11/h1-9H,(H,16,17)/b15-9-. The second kappa shape index (κ2) is 4.67. The quantitative estimate of drug-likeness (QED) is 0.562. The average Bonchev–Trinajstić information content (AvgIpc) is 2.92. The van der Waals surface area contributed by atoms with E-state index in [1.54, 1.807) is 24.7 Å². The van der Waals surface area contributed by atoms with Gasteiger partial charge in [0.25, 0.3) is 0 Å². The van der Waals surface area contributed by atoms with Gasteiger partial charge in [0.15, 0.2) is 5.82 Å². The third-order valence-electron chi connectivity index (χ3n) is 2.48. The number of hydrogen-bond acceptors (Lipinski definition) is 5. The van der Waals surface area contributed by atoms with Crippen molar-refractivity contribution in [3.05, 3.63) is 54.6 Å². The number of anilines is 1. The summed E-state index contributed by atoms with van der Waals surface area (Å²) in [5.41, 5.74) is 2.86. The van der Waals surface area contributed by atoms with Crippen LogP contribution >= 0.6 is 0 Å². The van der Waals surface area contributed by atoms with Gasteiger partial charge in [-0.3, -0.25) is 5.43 Å². The maximum absolute atomic E-state index is 5.13. The van der Waals surface area contributed by atoms with Crippen LogP contribution in [0.2, 0.25) is 0 Å². The fraction of sp³-hybridized carbons (Fsp3) is 0. The van der Waals surface area contributed by atoms with E-state index in [-0.39, 0.29) is 0 Å². The highest BCUT2D eigenvalue weighted by atomic mass is 16.3. The summed E-state index contributed by atoms with van der Waals surface area (Å²) in [7, 11) is 0. The molecule has 3 rings (SSSR count). The van der Waals surface area contributed by atoms with Crippen molar-refractivity contribution in [1.29, 1.82) is 0 Å². The van der Waals surface area contributed by atoms with Crippen LogP contribution in [0.25, 0.3) is 10.8 Å². The van der Waals surface area contributed by atoms with Crippen molar-refractivity contribution < 1.29 is 4.42 Å². The lowest BCUT2D eigenvalue weighted by molar-refractivity contribution is 0.560. The molecule has 88 valence electrons. The van der Waals surface area contributed by atoms with Gasteiger partial charge < -0.3 is 4.42 Å². The van der Waals surface area contributed by atoms with Gasteiger partial charge in [-0.1, -0.05) is 24.3 Å². The molecule has 0 aliphatic rings. The highest BCUT2D eigenvalue weighted by molar-refractivity contribution is 5.91. The third-order valence-corrected chi connectivity index (χ3v) is 2.48. The molecule has 0 aliphatic carbocycles. The number of nitrogens with one attached hydrogen (secondary N) is 1. The molecule has 0 radical (unpaired) electrons. The van der Waals surface area contributed by atoms with Crippen LogP contribution in [0.15, 0.2) is 58.4 Å². The Labute approximate surface area is 103 Å². The molecule has 0 fully saturated rings. The van der Waals surface area contributed by atoms with Gasteiger partial charge in [0, 0.05) is 10.8 Å². The first-order chi connectivity index (χ1) is 8.93. The van der Waals surface area contributed by atoms with Crippen molar-refractivity contribution in [2.75, 3.05) is 5.43 Å². The van der Waals surface area contributed by atoms with Gasteiger partial charge in [-0.2, -0.15) is 10.2 Å².